The summed E-state index contributed by atoms with van der Waals surface area (Å²) in [6, 6.07) is 4.79. The second kappa shape index (κ2) is 7.38. The molecular formula is C17H25N3OS. The van der Waals surface area contributed by atoms with E-state index in [1.807, 2.05) is 17.5 Å². The van der Waals surface area contributed by atoms with E-state index in [0.717, 1.165) is 47.9 Å². The molecule has 1 atom stereocenters. The van der Waals surface area contributed by atoms with Gasteiger partial charge in [0.15, 0.2) is 0 Å². The molecule has 0 N–H and O–H groups in total. The summed E-state index contributed by atoms with van der Waals surface area (Å²) < 4.78 is 5.38. The fourth-order valence-electron chi connectivity index (χ4n) is 3.35. The van der Waals surface area contributed by atoms with Crippen molar-refractivity contribution >= 4 is 11.3 Å². The lowest BCUT2D eigenvalue weighted by Crippen LogP contribution is -2.43. The summed E-state index contributed by atoms with van der Waals surface area (Å²) in [4.78, 5) is 8.24. The zero-order valence-corrected chi connectivity index (χ0v) is 14.3. The van der Waals surface area contributed by atoms with Gasteiger partial charge in [-0.05, 0) is 49.7 Å². The van der Waals surface area contributed by atoms with E-state index < -0.39 is 0 Å². The lowest BCUT2D eigenvalue weighted by atomic mass is 9.92. The lowest BCUT2D eigenvalue weighted by molar-refractivity contribution is 0.110. The molecule has 0 saturated carbocycles. The average molecular weight is 319 g/mol. The van der Waals surface area contributed by atoms with Crippen LogP contribution in [0.2, 0.25) is 0 Å². The number of hydrogen-bond donors (Lipinski definition) is 0. The smallest absolute Gasteiger partial charge is 0.227 e. The number of aryl methyl sites for hydroxylation is 1. The van der Waals surface area contributed by atoms with Gasteiger partial charge in [-0.1, -0.05) is 31.5 Å². The number of thiophene rings is 1. The van der Waals surface area contributed by atoms with E-state index in [9.17, 15) is 0 Å². The molecule has 3 rings (SSSR count). The van der Waals surface area contributed by atoms with Crippen LogP contribution in [0.25, 0.3) is 10.7 Å². The van der Waals surface area contributed by atoms with Crippen molar-refractivity contribution in [3.63, 3.8) is 0 Å². The summed E-state index contributed by atoms with van der Waals surface area (Å²) >= 11 is 1.65. The van der Waals surface area contributed by atoms with Crippen molar-refractivity contribution < 1.29 is 4.52 Å². The Bertz CT molecular complexity index is 564. The third-order valence-corrected chi connectivity index (χ3v) is 5.35. The van der Waals surface area contributed by atoms with E-state index in [4.69, 9.17) is 4.52 Å². The van der Waals surface area contributed by atoms with Crippen molar-refractivity contribution in [3.05, 3.63) is 23.4 Å². The maximum atomic E-state index is 5.38. The molecule has 2 aromatic rings. The number of hydrogen-bond acceptors (Lipinski definition) is 5. The van der Waals surface area contributed by atoms with Crippen LogP contribution in [0.15, 0.2) is 22.0 Å². The topological polar surface area (TPSA) is 42.2 Å². The molecule has 2 aromatic heterocycles. The molecule has 1 fully saturated rings. The first-order chi connectivity index (χ1) is 10.7. The van der Waals surface area contributed by atoms with Gasteiger partial charge in [0.25, 0.3) is 0 Å². The van der Waals surface area contributed by atoms with Gasteiger partial charge < -0.3 is 9.42 Å². The van der Waals surface area contributed by atoms with Gasteiger partial charge in [0.05, 0.1) is 4.88 Å². The normalized spacial score (nSPS) is 19.9. The third kappa shape index (κ3) is 3.76. The third-order valence-electron chi connectivity index (χ3n) is 4.48. The molecular weight excluding hydrogens is 294 g/mol. The van der Waals surface area contributed by atoms with Gasteiger partial charge in [0.2, 0.25) is 11.7 Å². The van der Waals surface area contributed by atoms with Gasteiger partial charge in [-0.25, -0.2) is 0 Å². The van der Waals surface area contributed by atoms with Gasteiger partial charge in [-0.2, -0.15) is 4.98 Å². The van der Waals surface area contributed by atoms with Crippen molar-refractivity contribution in [3.8, 4) is 10.7 Å². The Morgan fingerprint density at radius 1 is 1.41 bits per heavy atom. The first-order valence-corrected chi connectivity index (χ1v) is 9.22. The molecule has 3 heterocycles. The van der Waals surface area contributed by atoms with Gasteiger partial charge in [0.1, 0.15) is 0 Å². The van der Waals surface area contributed by atoms with Crippen LogP contribution in [-0.2, 0) is 6.42 Å². The molecule has 4 nitrogen and oxygen atoms in total. The van der Waals surface area contributed by atoms with Crippen LogP contribution in [0.3, 0.4) is 0 Å². The number of rotatable bonds is 6. The Hall–Kier alpha value is -1.20. The van der Waals surface area contributed by atoms with Crippen LogP contribution in [0, 0.1) is 5.92 Å². The Kier molecular flexibility index (Phi) is 5.26. The van der Waals surface area contributed by atoms with Gasteiger partial charge in [0, 0.05) is 12.5 Å². The molecule has 0 aromatic carbocycles. The molecule has 0 bridgehead atoms. The molecule has 5 heteroatoms. The minimum absolute atomic E-state index is 0.725. The Morgan fingerprint density at radius 3 is 3.09 bits per heavy atom. The fraction of sp³-hybridized carbons (Fsp3) is 0.647. The van der Waals surface area contributed by atoms with E-state index >= 15 is 0 Å². The quantitative estimate of drug-likeness (QED) is 0.798. The molecule has 22 heavy (non-hydrogen) atoms. The minimum atomic E-state index is 0.725. The molecule has 120 valence electrons. The van der Waals surface area contributed by atoms with Crippen molar-refractivity contribution in [2.75, 3.05) is 13.1 Å². The highest BCUT2D eigenvalue weighted by Crippen LogP contribution is 2.24. The van der Waals surface area contributed by atoms with E-state index in [-0.39, 0.29) is 0 Å². The molecule has 1 unspecified atom stereocenters. The SMILES string of the molecule is CC(C)C1CCCCN1CCCc1nc(-c2cccs2)no1. The fourth-order valence-corrected chi connectivity index (χ4v) is 3.99. The van der Waals surface area contributed by atoms with Crippen LogP contribution in [0.5, 0.6) is 0 Å². The first kappa shape index (κ1) is 15.7. The molecule has 0 radical (unpaired) electrons. The van der Waals surface area contributed by atoms with Crippen LogP contribution in [0.4, 0.5) is 0 Å². The van der Waals surface area contributed by atoms with E-state index in [0.29, 0.717) is 0 Å². The molecule has 0 amide bonds. The number of aromatic nitrogens is 2. The van der Waals surface area contributed by atoms with Crippen LogP contribution in [-0.4, -0.2) is 34.2 Å². The monoisotopic (exact) mass is 319 g/mol. The highest BCUT2D eigenvalue weighted by atomic mass is 32.1. The highest BCUT2D eigenvalue weighted by Gasteiger charge is 2.24. The first-order valence-electron chi connectivity index (χ1n) is 8.34. The predicted molar refractivity (Wildman–Crippen MR) is 90.0 cm³/mol. The summed E-state index contributed by atoms with van der Waals surface area (Å²) in [6.07, 6.45) is 6.04. The summed E-state index contributed by atoms with van der Waals surface area (Å²) in [5.41, 5.74) is 0. The van der Waals surface area contributed by atoms with Gasteiger partial charge >= 0.3 is 0 Å². The lowest BCUT2D eigenvalue weighted by Gasteiger charge is -2.38. The standard InChI is InChI=1S/C17H25N3OS/c1-13(2)14-7-3-4-10-20(14)11-5-9-16-18-17(19-21-16)15-8-6-12-22-15/h6,8,12-14H,3-5,7,9-11H2,1-2H3. The number of nitrogens with zero attached hydrogens (tertiary/aromatic N) is 3. The highest BCUT2D eigenvalue weighted by molar-refractivity contribution is 7.13. The Labute approximate surface area is 136 Å². The van der Waals surface area contributed by atoms with Gasteiger partial charge in [-0.15, -0.1) is 11.3 Å². The number of likely N-dealkylation sites (tertiary alicyclic amines) is 1. The summed E-state index contributed by atoms with van der Waals surface area (Å²) in [7, 11) is 0. The van der Waals surface area contributed by atoms with E-state index in [2.05, 4.69) is 28.9 Å². The molecule has 1 aliphatic heterocycles. The van der Waals surface area contributed by atoms with Crippen molar-refractivity contribution in [2.45, 2.75) is 52.0 Å². The van der Waals surface area contributed by atoms with Crippen molar-refractivity contribution in [1.29, 1.82) is 0 Å². The Morgan fingerprint density at radius 2 is 2.32 bits per heavy atom. The predicted octanol–water partition coefficient (Wildman–Crippen LogP) is 4.24. The molecule has 0 spiro atoms. The van der Waals surface area contributed by atoms with Gasteiger partial charge in [-0.3, -0.25) is 0 Å². The van der Waals surface area contributed by atoms with Crippen LogP contribution in [0.1, 0.15) is 45.4 Å². The summed E-state index contributed by atoms with van der Waals surface area (Å²) in [6.45, 7) is 7.06. The maximum absolute atomic E-state index is 5.38. The maximum Gasteiger partial charge on any atom is 0.227 e. The van der Waals surface area contributed by atoms with E-state index in [1.165, 1.54) is 25.8 Å². The molecule has 1 saturated heterocycles. The number of piperidine rings is 1. The largest absolute Gasteiger partial charge is 0.339 e. The second-order valence-electron chi connectivity index (χ2n) is 6.44. The average Bonchev–Trinajstić information content (AvgIpc) is 3.18. The minimum Gasteiger partial charge on any atom is -0.339 e. The second-order valence-corrected chi connectivity index (χ2v) is 7.38. The zero-order valence-electron chi connectivity index (χ0n) is 13.5. The van der Waals surface area contributed by atoms with Crippen molar-refractivity contribution in [1.82, 2.24) is 15.0 Å². The summed E-state index contributed by atoms with van der Waals surface area (Å²) in [5.74, 6) is 2.23. The molecule has 1 aliphatic rings. The van der Waals surface area contributed by atoms with Crippen LogP contribution < -0.4 is 0 Å². The summed E-state index contributed by atoms with van der Waals surface area (Å²) in [5, 5.41) is 6.11. The molecule has 0 aliphatic carbocycles. The van der Waals surface area contributed by atoms with Crippen molar-refractivity contribution in [2.24, 2.45) is 5.92 Å². The Balaban J connectivity index is 1.50. The van der Waals surface area contributed by atoms with E-state index in [1.54, 1.807) is 11.3 Å². The van der Waals surface area contributed by atoms with Crippen LogP contribution >= 0.6 is 11.3 Å². The zero-order chi connectivity index (χ0) is 15.4.